The van der Waals surface area contributed by atoms with Crippen molar-refractivity contribution in [3.8, 4) is 0 Å². The van der Waals surface area contributed by atoms with E-state index < -0.39 is 14.6 Å². The topological polar surface area (TPSA) is 105 Å². The zero-order chi connectivity index (χ0) is 21.7. The largest absolute Gasteiger partial charge is 0.472 e. The van der Waals surface area contributed by atoms with Crippen LogP contribution in [0.4, 0.5) is 0 Å². The fourth-order valence-electron chi connectivity index (χ4n) is 7.51. The molecule has 0 bridgehead atoms. The highest BCUT2D eigenvalue weighted by atomic mass is 31.2. The van der Waals surface area contributed by atoms with E-state index in [4.69, 9.17) is 14.6 Å². The van der Waals surface area contributed by atoms with E-state index in [1.807, 2.05) is 0 Å². The van der Waals surface area contributed by atoms with Crippen LogP contribution >= 0.6 is 7.82 Å². The van der Waals surface area contributed by atoms with E-state index in [0.29, 0.717) is 23.5 Å². The first kappa shape index (κ1) is 22.2. The molecule has 4 aliphatic carbocycles. The molecule has 0 saturated heterocycles. The van der Waals surface area contributed by atoms with Crippen LogP contribution in [-0.2, 0) is 18.7 Å². The van der Waals surface area contributed by atoms with Gasteiger partial charge in [-0.2, -0.15) is 0 Å². The van der Waals surface area contributed by atoms with Crippen molar-refractivity contribution in [2.75, 3.05) is 6.79 Å². The number of phosphoric acid groups is 1. The first-order valence-electron chi connectivity index (χ1n) is 11.1. The van der Waals surface area contributed by atoms with Crippen LogP contribution in [0.3, 0.4) is 0 Å². The predicted octanol–water partition coefficient (Wildman–Crippen LogP) is 4.59. The van der Waals surface area contributed by atoms with E-state index in [-0.39, 0.29) is 16.7 Å². The molecule has 0 aliphatic heterocycles. The molecule has 0 radical (unpaired) electrons. The molecule has 6 atom stereocenters. The van der Waals surface area contributed by atoms with Crippen molar-refractivity contribution in [2.24, 2.45) is 39.7 Å². The number of allylic oxidation sites excluding steroid dienone is 2. The Balaban J connectivity index is 1.48. The average molecular weight is 439 g/mol. The summed E-state index contributed by atoms with van der Waals surface area (Å²) in [5.74, 6) is 2.63. The second-order valence-electron chi connectivity index (χ2n) is 10.2. The number of oxime groups is 1. The number of hydrogen-bond donors (Lipinski definition) is 2. The Morgan fingerprint density at radius 1 is 1.17 bits per heavy atom. The molecule has 7 nitrogen and oxygen atoms in total. The third-order valence-corrected chi connectivity index (χ3v) is 9.37. The molecule has 0 aromatic rings. The van der Waals surface area contributed by atoms with Gasteiger partial charge < -0.3 is 14.6 Å². The van der Waals surface area contributed by atoms with Gasteiger partial charge >= 0.3 is 7.82 Å². The quantitative estimate of drug-likeness (QED) is 0.281. The fourth-order valence-corrected chi connectivity index (χ4v) is 7.70. The summed E-state index contributed by atoms with van der Waals surface area (Å²) in [6.45, 7) is 6.01. The number of hydrogen-bond acceptors (Lipinski definition) is 5. The molecule has 4 rings (SSSR count). The SMILES string of the molecule is CC(=O)[C@H]1CC[C@H]2[C@@H]3CCC4=CC(=NOCOP(=O)(O)O)CC[C@]4(C)[C@H]3CC[C@]12C. The number of ketones is 1. The van der Waals surface area contributed by atoms with Crippen LogP contribution in [0.5, 0.6) is 0 Å². The summed E-state index contributed by atoms with van der Waals surface area (Å²) < 4.78 is 15.0. The van der Waals surface area contributed by atoms with Crippen molar-refractivity contribution in [2.45, 2.75) is 72.1 Å². The maximum Gasteiger partial charge on any atom is 0.472 e. The highest BCUT2D eigenvalue weighted by Crippen LogP contribution is 2.66. The Bertz CT molecular complexity index is 818. The standard InChI is InChI=1S/C22H34NO6P/c1-14(24)18-6-7-19-17-5-4-15-12-16(23-28-13-29-30(25,26)27)8-10-21(15,2)20(17)9-11-22(18,19)3/h12,17-20H,4-11,13H2,1-3H3,(H2,25,26,27)/t17-,18+,19-,20-,21-,22+/m0/s1. The number of phosphoric ester groups is 1. The van der Waals surface area contributed by atoms with Crippen LogP contribution in [0.2, 0.25) is 0 Å². The molecular weight excluding hydrogens is 405 g/mol. The van der Waals surface area contributed by atoms with Crippen molar-refractivity contribution in [1.29, 1.82) is 0 Å². The third kappa shape index (κ3) is 3.83. The molecule has 168 valence electrons. The molecule has 8 heteroatoms. The van der Waals surface area contributed by atoms with Crippen LogP contribution in [0.1, 0.15) is 72.1 Å². The third-order valence-electron chi connectivity index (χ3n) is 8.92. The first-order chi connectivity index (χ1) is 14.0. The molecule has 0 unspecified atom stereocenters. The van der Waals surface area contributed by atoms with Crippen LogP contribution in [0.25, 0.3) is 0 Å². The minimum atomic E-state index is -4.54. The minimum Gasteiger partial charge on any atom is -0.366 e. The zero-order valence-corrected chi connectivity index (χ0v) is 19.1. The van der Waals surface area contributed by atoms with Gasteiger partial charge in [-0.25, -0.2) is 9.09 Å². The van der Waals surface area contributed by atoms with E-state index in [2.05, 4.69) is 29.6 Å². The van der Waals surface area contributed by atoms with E-state index in [9.17, 15) is 9.36 Å². The van der Waals surface area contributed by atoms with Crippen molar-refractivity contribution in [3.63, 3.8) is 0 Å². The summed E-state index contributed by atoms with van der Waals surface area (Å²) in [5, 5.41) is 4.04. The number of nitrogens with zero attached hydrogens (tertiary/aromatic N) is 1. The van der Waals surface area contributed by atoms with Crippen LogP contribution in [0.15, 0.2) is 16.8 Å². The molecule has 0 spiro atoms. The van der Waals surface area contributed by atoms with Crippen LogP contribution in [0, 0.1) is 34.5 Å². The van der Waals surface area contributed by atoms with Gasteiger partial charge in [0, 0.05) is 5.92 Å². The molecule has 3 saturated carbocycles. The number of rotatable bonds is 5. The van der Waals surface area contributed by atoms with Crippen LogP contribution in [-0.4, -0.2) is 28.1 Å². The Morgan fingerprint density at radius 2 is 1.93 bits per heavy atom. The molecule has 0 amide bonds. The Hall–Kier alpha value is -1.01. The number of carbonyl (C=O) groups excluding carboxylic acids is 1. The smallest absolute Gasteiger partial charge is 0.366 e. The first-order valence-corrected chi connectivity index (χ1v) is 12.7. The average Bonchev–Trinajstić information content (AvgIpc) is 3.02. The highest BCUT2D eigenvalue weighted by Gasteiger charge is 2.59. The zero-order valence-electron chi connectivity index (χ0n) is 18.2. The van der Waals surface area contributed by atoms with Crippen molar-refractivity contribution in [1.82, 2.24) is 0 Å². The van der Waals surface area contributed by atoms with Gasteiger partial charge in [0.05, 0.1) is 5.71 Å². The van der Waals surface area contributed by atoms with Crippen molar-refractivity contribution >= 4 is 19.3 Å². The molecule has 3 fully saturated rings. The van der Waals surface area contributed by atoms with E-state index in [1.165, 1.54) is 24.8 Å². The predicted molar refractivity (Wildman–Crippen MR) is 112 cm³/mol. The molecule has 2 N–H and O–H groups in total. The number of fused-ring (bicyclic) bond motifs is 5. The second-order valence-corrected chi connectivity index (χ2v) is 11.5. The lowest BCUT2D eigenvalue weighted by Crippen LogP contribution is -2.51. The molecule has 0 heterocycles. The monoisotopic (exact) mass is 439 g/mol. The summed E-state index contributed by atoms with van der Waals surface area (Å²) in [6, 6.07) is 0. The van der Waals surface area contributed by atoms with Gasteiger partial charge in [-0.3, -0.25) is 4.79 Å². The van der Waals surface area contributed by atoms with Gasteiger partial charge in [0.2, 0.25) is 6.79 Å². The molecule has 4 aliphatic rings. The van der Waals surface area contributed by atoms with E-state index in [0.717, 1.165) is 37.8 Å². The Labute approximate surface area is 178 Å². The van der Waals surface area contributed by atoms with Gasteiger partial charge in [0.25, 0.3) is 0 Å². The van der Waals surface area contributed by atoms with Crippen molar-refractivity contribution < 1.29 is 28.5 Å². The molecule has 0 aromatic heterocycles. The Morgan fingerprint density at radius 3 is 2.63 bits per heavy atom. The summed E-state index contributed by atoms with van der Waals surface area (Å²) in [7, 11) is -4.54. The normalized spacial score (nSPS) is 42.2. The summed E-state index contributed by atoms with van der Waals surface area (Å²) in [4.78, 5) is 34.7. The number of carbonyl (C=O) groups is 1. The van der Waals surface area contributed by atoms with Crippen LogP contribution < -0.4 is 0 Å². The lowest BCUT2D eigenvalue weighted by atomic mass is 9.46. The van der Waals surface area contributed by atoms with Gasteiger partial charge in [-0.1, -0.05) is 24.6 Å². The molecular formula is C22H34NO6P. The highest BCUT2D eigenvalue weighted by molar-refractivity contribution is 7.46. The van der Waals surface area contributed by atoms with Crippen molar-refractivity contribution in [3.05, 3.63) is 11.6 Å². The molecule has 30 heavy (non-hydrogen) atoms. The maximum atomic E-state index is 12.3. The number of Topliss-reactive ketones (excluding diaryl/α,β-unsaturated/α-hetero) is 1. The van der Waals surface area contributed by atoms with E-state index in [1.54, 1.807) is 6.92 Å². The fraction of sp³-hybridized carbons (Fsp3) is 0.818. The lowest BCUT2D eigenvalue weighted by Gasteiger charge is -2.58. The summed E-state index contributed by atoms with van der Waals surface area (Å²) >= 11 is 0. The van der Waals surface area contributed by atoms with Gasteiger partial charge in [0.1, 0.15) is 5.78 Å². The Kier molecular flexibility index (Phi) is 5.80. The van der Waals surface area contributed by atoms with Gasteiger partial charge in [0.15, 0.2) is 0 Å². The maximum absolute atomic E-state index is 12.3. The van der Waals surface area contributed by atoms with Gasteiger partial charge in [-0.05, 0) is 93.0 Å². The minimum absolute atomic E-state index is 0.167. The summed E-state index contributed by atoms with van der Waals surface area (Å²) in [6.07, 6.45) is 10.8. The van der Waals surface area contributed by atoms with Gasteiger partial charge in [-0.15, -0.1) is 0 Å². The van der Waals surface area contributed by atoms with E-state index >= 15 is 0 Å². The second kappa shape index (κ2) is 7.84. The molecule has 0 aromatic carbocycles. The summed E-state index contributed by atoms with van der Waals surface area (Å²) in [5.41, 5.74) is 2.59. The lowest BCUT2D eigenvalue weighted by molar-refractivity contribution is -0.127.